The third kappa shape index (κ3) is 3.78. The minimum Gasteiger partial charge on any atom is -0.484 e. The minimum absolute atomic E-state index is 0.184. The number of nitrogens with zero attached hydrogens (tertiary/aromatic N) is 1. The summed E-state index contributed by atoms with van der Waals surface area (Å²) in [4.78, 5) is 11.8. The second-order valence-corrected chi connectivity index (χ2v) is 4.67. The molecule has 22 heavy (non-hydrogen) atoms. The zero-order valence-corrected chi connectivity index (χ0v) is 11.9. The van der Waals surface area contributed by atoms with Crippen molar-refractivity contribution in [3.63, 3.8) is 0 Å². The van der Waals surface area contributed by atoms with E-state index in [1.165, 1.54) is 12.1 Å². The summed E-state index contributed by atoms with van der Waals surface area (Å²) in [7, 11) is 0. The van der Waals surface area contributed by atoms with Gasteiger partial charge in [0.2, 0.25) is 0 Å². The number of hydrogen-bond acceptors (Lipinski definition) is 3. The lowest BCUT2D eigenvalue weighted by Crippen LogP contribution is -2.20. The maximum atomic E-state index is 12.4. The van der Waals surface area contributed by atoms with Gasteiger partial charge in [0, 0.05) is 0 Å². The van der Waals surface area contributed by atoms with Gasteiger partial charge in [-0.1, -0.05) is 0 Å². The molecule has 0 unspecified atom stereocenters. The first-order valence-corrected chi connectivity index (χ1v) is 6.39. The molecule has 0 fully saturated rings. The zero-order chi connectivity index (χ0) is 16.3. The summed E-state index contributed by atoms with van der Waals surface area (Å²) in [5.41, 5.74) is 1.15. The van der Waals surface area contributed by atoms with Crippen molar-refractivity contribution in [1.82, 2.24) is 10.2 Å². The number of aryl methyl sites for hydroxylation is 2. The van der Waals surface area contributed by atoms with Crippen LogP contribution in [0, 0.1) is 13.8 Å². The number of benzene rings is 1. The fourth-order valence-electron chi connectivity index (χ4n) is 1.80. The molecular weight excluding hydrogens is 299 g/mol. The first kappa shape index (κ1) is 15.9. The smallest absolute Gasteiger partial charge is 0.416 e. The number of nitrogens with one attached hydrogen (secondary N) is 2. The van der Waals surface area contributed by atoms with Crippen molar-refractivity contribution in [2.24, 2.45) is 0 Å². The number of aromatic amines is 1. The molecule has 0 aliphatic heterocycles. The molecule has 1 aromatic heterocycles. The molecule has 0 spiro atoms. The number of hydrogen-bond donors (Lipinski definition) is 2. The van der Waals surface area contributed by atoms with Gasteiger partial charge in [0.1, 0.15) is 5.75 Å². The van der Waals surface area contributed by atoms with Gasteiger partial charge in [-0.3, -0.25) is 9.89 Å². The van der Waals surface area contributed by atoms with Crippen LogP contribution in [0.25, 0.3) is 0 Å². The molecule has 118 valence electrons. The lowest BCUT2D eigenvalue weighted by atomic mass is 10.2. The van der Waals surface area contributed by atoms with Crippen molar-refractivity contribution < 1.29 is 22.7 Å². The number of aromatic nitrogens is 2. The highest BCUT2D eigenvalue weighted by Crippen LogP contribution is 2.30. The van der Waals surface area contributed by atoms with Crippen molar-refractivity contribution in [2.75, 3.05) is 11.9 Å². The van der Waals surface area contributed by atoms with Crippen molar-refractivity contribution >= 4 is 11.6 Å². The Morgan fingerprint density at radius 2 is 1.91 bits per heavy atom. The Labute approximate surface area is 124 Å². The average Bonchev–Trinajstić information content (AvgIpc) is 2.76. The van der Waals surface area contributed by atoms with Gasteiger partial charge in [-0.25, -0.2) is 0 Å². The molecule has 0 saturated carbocycles. The van der Waals surface area contributed by atoms with E-state index in [0.717, 1.165) is 12.1 Å². The van der Waals surface area contributed by atoms with Gasteiger partial charge >= 0.3 is 6.18 Å². The molecule has 2 N–H and O–H groups in total. The number of rotatable bonds is 4. The minimum atomic E-state index is -4.40. The van der Waals surface area contributed by atoms with Crippen molar-refractivity contribution in [3.8, 4) is 5.75 Å². The van der Waals surface area contributed by atoms with Crippen LogP contribution >= 0.6 is 0 Å². The summed E-state index contributed by atoms with van der Waals surface area (Å²) in [6.45, 7) is 3.18. The number of halogens is 3. The molecule has 1 amide bonds. The number of H-pyrrole nitrogens is 1. The third-order valence-electron chi connectivity index (χ3n) is 2.94. The summed E-state index contributed by atoms with van der Waals surface area (Å²) < 4.78 is 42.4. The predicted molar refractivity (Wildman–Crippen MR) is 73.6 cm³/mol. The van der Waals surface area contributed by atoms with E-state index in [9.17, 15) is 18.0 Å². The number of amides is 1. The highest BCUT2D eigenvalue weighted by molar-refractivity contribution is 5.92. The van der Waals surface area contributed by atoms with Crippen LogP contribution in [0.4, 0.5) is 18.9 Å². The number of ether oxygens (including phenoxy) is 1. The SMILES string of the molecule is Cc1n[nH]c(C)c1NC(=O)COc1ccc(C(F)(F)F)cc1. The largest absolute Gasteiger partial charge is 0.484 e. The van der Waals surface area contributed by atoms with Gasteiger partial charge in [-0.15, -0.1) is 0 Å². The third-order valence-corrected chi connectivity index (χ3v) is 2.94. The van der Waals surface area contributed by atoms with E-state index in [2.05, 4.69) is 15.5 Å². The average molecular weight is 313 g/mol. The molecular formula is C14H14F3N3O2. The van der Waals surface area contributed by atoms with Gasteiger partial charge in [0.15, 0.2) is 6.61 Å². The Bertz CT molecular complexity index is 643. The molecule has 2 aromatic rings. The van der Waals surface area contributed by atoms with Gasteiger partial charge in [-0.05, 0) is 38.1 Å². The van der Waals surface area contributed by atoms with Crippen molar-refractivity contribution in [3.05, 3.63) is 41.2 Å². The standard InChI is InChI=1S/C14H14F3N3O2/c1-8-13(9(2)20-19-8)18-12(21)7-22-11-5-3-10(4-6-11)14(15,16)17/h3-6H,7H2,1-2H3,(H,18,21)(H,19,20). The monoisotopic (exact) mass is 313 g/mol. The van der Waals surface area contributed by atoms with Gasteiger partial charge in [0.05, 0.1) is 22.6 Å². The maximum Gasteiger partial charge on any atom is 0.416 e. The first-order valence-electron chi connectivity index (χ1n) is 6.39. The summed E-state index contributed by atoms with van der Waals surface area (Å²) in [5.74, 6) is -0.240. The first-order chi connectivity index (χ1) is 10.3. The van der Waals surface area contributed by atoms with Gasteiger partial charge in [0.25, 0.3) is 5.91 Å². The van der Waals surface area contributed by atoms with E-state index >= 15 is 0 Å². The number of carbonyl (C=O) groups excluding carboxylic acids is 1. The predicted octanol–water partition coefficient (Wildman–Crippen LogP) is 3.06. The Kier molecular flexibility index (Phi) is 4.39. The number of carbonyl (C=O) groups is 1. The molecule has 2 rings (SSSR count). The van der Waals surface area contributed by atoms with Crippen LogP contribution in [-0.4, -0.2) is 22.7 Å². The molecule has 1 aromatic carbocycles. The summed E-state index contributed by atoms with van der Waals surface area (Å²) >= 11 is 0. The normalized spacial score (nSPS) is 11.3. The van der Waals surface area contributed by atoms with Crippen LogP contribution in [0.3, 0.4) is 0 Å². The number of alkyl halides is 3. The number of anilines is 1. The van der Waals surface area contributed by atoms with Crippen LogP contribution < -0.4 is 10.1 Å². The zero-order valence-electron chi connectivity index (χ0n) is 11.9. The fraction of sp³-hybridized carbons (Fsp3) is 0.286. The molecule has 0 bridgehead atoms. The Morgan fingerprint density at radius 1 is 1.27 bits per heavy atom. The quantitative estimate of drug-likeness (QED) is 0.911. The van der Waals surface area contributed by atoms with E-state index in [1.807, 2.05) is 0 Å². The Balaban J connectivity index is 1.91. The van der Waals surface area contributed by atoms with E-state index in [-0.39, 0.29) is 12.4 Å². The summed E-state index contributed by atoms with van der Waals surface area (Å²) in [6.07, 6.45) is -4.40. The summed E-state index contributed by atoms with van der Waals surface area (Å²) in [5, 5.41) is 9.28. The lowest BCUT2D eigenvalue weighted by molar-refractivity contribution is -0.137. The highest BCUT2D eigenvalue weighted by atomic mass is 19.4. The van der Waals surface area contributed by atoms with Crippen molar-refractivity contribution in [2.45, 2.75) is 20.0 Å². The second kappa shape index (κ2) is 6.08. The van der Waals surface area contributed by atoms with Crippen LogP contribution in [0.15, 0.2) is 24.3 Å². The fourth-order valence-corrected chi connectivity index (χ4v) is 1.80. The maximum absolute atomic E-state index is 12.4. The second-order valence-electron chi connectivity index (χ2n) is 4.67. The van der Waals surface area contributed by atoms with E-state index in [0.29, 0.717) is 17.1 Å². The molecule has 0 aliphatic carbocycles. The molecule has 0 atom stereocenters. The van der Waals surface area contributed by atoms with Crippen LogP contribution in [0.1, 0.15) is 17.0 Å². The molecule has 1 heterocycles. The molecule has 5 nitrogen and oxygen atoms in total. The Hall–Kier alpha value is -2.51. The van der Waals surface area contributed by atoms with Gasteiger partial charge < -0.3 is 10.1 Å². The van der Waals surface area contributed by atoms with E-state index < -0.39 is 17.6 Å². The van der Waals surface area contributed by atoms with Crippen LogP contribution in [0.2, 0.25) is 0 Å². The van der Waals surface area contributed by atoms with Crippen LogP contribution in [0.5, 0.6) is 5.75 Å². The van der Waals surface area contributed by atoms with E-state index in [1.54, 1.807) is 13.8 Å². The van der Waals surface area contributed by atoms with E-state index in [4.69, 9.17) is 4.74 Å². The van der Waals surface area contributed by atoms with Crippen LogP contribution in [-0.2, 0) is 11.0 Å². The topological polar surface area (TPSA) is 67.0 Å². The lowest BCUT2D eigenvalue weighted by Gasteiger charge is -2.09. The van der Waals surface area contributed by atoms with Crippen molar-refractivity contribution in [1.29, 1.82) is 0 Å². The molecule has 8 heteroatoms. The molecule has 0 radical (unpaired) electrons. The summed E-state index contributed by atoms with van der Waals surface area (Å²) in [6, 6.07) is 4.14. The molecule has 0 saturated heterocycles. The molecule has 0 aliphatic rings. The Morgan fingerprint density at radius 3 is 2.41 bits per heavy atom. The highest BCUT2D eigenvalue weighted by Gasteiger charge is 2.30. The van der Waals surface area contributed by atoms with Gasteiger partial charge in [-0.2, -0.15) is 18.3 Å².